The van der Waals surface area contributed by atoms with Crippen LogP contribution in [-0.2, 0) is 0 Å². The zero-order valence-electron chi connectivity index (χ0n) is 8.12. The summed E-state index contributed by atoms with van der Waals surface area (Å²) in [5.74, 6) is 0. The van der Waals surface area contributed by atoms with Crippen LogP contribution in [0.15, 0.2) is 28.7 Å². The number of nitrogens with zero attached hydrogens (tertiary/aromatic N) is 1. The largest absolute Gasteiger partial charge is 0.329 e. The molecule has 0 radical (unpaired) electrons. The van der Waals surface area contributed by atoms with E-state index < -0.39 is 0 Å². The van der Waals surface area contributed by atoms with Crippen molar-refractivity contribution in [3.05, 3.63) is 34.3 Å². The van der Waals surface area contributed by atoms with Gasteiger partial charge in [0.1, 0.15) is 0 Å². The molecule has 14 heavy (non-hydrogen) atoms. The maximum Gasteiger partial charge on any atom is 0.0481 e. The highest BCUT2D eigenvalue weighted by Gasteiger charge is 2.25. The van der Waals surface area contributed by atoms with Gasteiger partial charge in [0.05, 0.1) is 0 Å². The Hall–Kier alpha value is -0.380. The molecule has 2 nitrogen and oxygen atoms in total. The molecule has 0 saturated carbocycles. The fraction of sp³-hybridized carbons (Fsp3) is 0.455. The van der Waals surface area contributed by atoms with Gasteiger partial charge in [0.2, 0.25) is 0 Å². The van der Waals surface area contributed by atoms with Crippen molar-refractivity contribution < 1.29 is 0 Å². The van der Waals surface area contributed by atoms with Crippen LogP contribution >= 0.6 is 15.9 Å². The topological polar surface area (TPSA) is 29.3 Å². The first-order chi connectivity index (χ1) is 6.83. The van der Waals surface area contributed by atoms with E-state index in [0.717, 1.165) is 0 Å². The number of hydrogen-bond acceptors (Lipinski definition) is 2. The van der Waals surface area contributed by atoms with E-state index in [9.17, 15) is 0 Å². The fourth-order valence-corrected chi connectivity index (χ4v) is 2.42. The molecule has 1 saturated heterocycles. The molecule has 3 heteroatoms. The zero-order valence-corrected chi connectivity index (χ0v) is 9.70. The molecule has 1 atom stereocenters. The molecular weight excluding hydrogens is 240 g/mol. The number of nitrogens with two attached hydrogens (primary N) is 1. The van der Waals surface area contributed by atoms with E-state index in [0.29, 0.717) is 12.6 Å². The first kappa shape index (κ1) is 10.1. The SMILES string of the molecule is NCC(c1ccccc1Br)N1CCC1. The summed E-state index contributed by atoms with van der Waals surface area (Å²) < 4.78 is 1.17. The molecule has 0 amide bonds. The van der Waals surface area contributed by atoms with Crippen LogP contribution in [0.5, 0.6) is 0 Å². The van der Waals surface area contributed by atoms with Gasteiger partial charge in [-0.25, -0.2) is 0 Å². The molecule has 2 rings (SSSR count). The Kier molecular flexibility index (Phi) is 3.21. The van der Waals surface area contributed by atoms with Gasteiger partial charge in [-0.3, -0.25) is 4.90 Å². The third-order valence-electron chi connectivity index (χ3n) is 2.82. The molecule has 1 aromatic carbocycles. The van der Waals surface area contributed by atoms with E-state index >= 15 is 0 Å². The number of likely N-dealkylation sites (tertiary alicyclic amines) is 1. The maximum absolute atomic E-state index is 5.82. The summed E-state index contributed by atoms with van der Waals surface area (Å²) in [4.78, 5) is 2.43. The lowest BCUT2D eigenvalue weighted by Crippen LogP contribution is -2.43. The van der Waals surface area contributed by atoms with Crippen LogP contribution in [-0.4, -0.2) is 24.5 Å². The summed E-state index contributed by atoms with van der Waals surface area (Å²) >= 11 is 3.58. The van der Waals surface area contributed by atoms with Crippen molar-refractivity contribution in [1.82, 2.24) is 4.90 Å². The van der Waals surface area contributed by atoms with Crippen LogP contribution in [0, 0.1) is 0 Å². The van der Waals surface area contributed by atoms with E-state index in [4.69, 9.17) is 5.73 Å². The standard InChI is InChI=1S/C11H15BrN2/c12-10-5-2-1-4-9(10)11(8-13)14-6-3-7-14/h1-2,4-5,11H,3,6-8,13H2. The molecule has 1 aliphatic heterocycles. The molecule has 1 heterocycles. The lowest BCUT2D eigenvalue weighted by Gasteiger charge is -2.38. The van der Waals surface area contributed by atoms with Gasteiger partial charge in [0.25, 0.3) is 0 Å². The fourth-order valence-electron chi connectivity index (χ4n) is 1.87. The third kappa shape index (κ3) is 1.85. The van der Waals surface area contributed by atoms with Crippen molar-refractivity contribution in [2.75, 3.05) is 19.6 Å². The van der Waals surface area contributed by atoms with Crippen molar-refractivity contribution in [3.63, 3.8) is 0 Å². The van der Waals surface area contributed by atoms with Gasteiger partial charge in [-0.2, -0.15) is 0 Å². The van der Waals surface area contributed by atoms with Gasteiger partial charge in [0, 0.05) is 30.1 Å². The van der Waals surface area contributed by atoms with Gasteiger partial charge >= 0.3 is 0 Å². The van der Waals surface area contributed by atoms with Crippen molar-refractivity contribution in [2.24, 2.45) is 5.73 Å². The smallest absolute Gasteiger partial charge is 0.0481 e. The summed E-state index contributed by atoms with van der Waals surface area (Å²) in [6.45, 7) is 3.06. The molecule has 0 aliphatic carbocycles. The first-order valence-electron chi connectivity index (χ1n) is 5.01. The summed E-state index contributed by atoms with van der Waals surface area (Å²) in [5.41, 5.74) is 7.14. The minimum absolute atomic E-state index is 0.388. The van der Waals surface area contributed by atoms with Gasteiger partial charge < -0.3 is 5.73 Å². The van der Waals surface area contributed by atoms with Gasteiger partial charge in [-0.1, -0.05) is 34.1 Å². The van der Waals surface area contributed by atoms with Crippen LogP contribution in [0.3, 0.4) is 0 Å². The molecular formula is C11H15BrN2. The third-order valence-corrected chi connectivity index (χ3v) is 3.54. The Morgan fingerprint density at radius 3 is 2.57 bits per heavy atom. The average Bonchev–Trinajstić information content (AvgIpc) is 2.12. The van der Waals surface area contributed by atoms with Crippen LogP contribution in [0.2, 0.25) is 0 Å². The maximum atomic E-state index is 5.82. The van der Waals surface area contributed by atoms with E-state index in [-0.39, 0.29) is 0 Å². The van der Waals surface area contributed by atoms with Crippen molar-refractivity contribution in [2.45, 2.75) is 12.5 Å². The lowest BCUT2D eigenvalue weighted by molar-refractivity contribution is 0.122. The molecule has 1 fully saturated rings. The van der Waals surface area contributed by atoms with Crippen LogP contribution in [0.1, 0.15) is 18.0 Å². The van der Waals surface area contributed by atoms with E-state index in [2.05, 4.69) is 39.0 Å². The van der Waals surface area contributed by atoms with Crippen molar-refractivity contribution >= 4 is 15.9 Å². The predicted octanol–water partition coefficient (Wildman–Crippen LogP) is 2.15. The van der Waals surface area contributed by atoms with Crippen LogP contribution in [0.25, 0.3) is 0 Å². The highest BCUT2D eigenvalue weighted by atomic mass is 79.9. The quantitative estimate of drug-likeness (QED) is 0.896. The van der Waals surface area contributed by atoms with Crippen LogP contribution in [0.4, 0.5) is 0 Å². The molecule has 1 aromatic rings. The summed E-state index contributed by atoms with van der Waals surface area (Å²) in [7, 11) is 0. The highest BCUT2D eigenvalue weighted by molar-refractivity contribution is 9.10. The van der Waals surface area contributed by atoms with E-state index in [1.54, 1.807) is 0 Å². The summed E-state index contributed by atoms with van der Waals surface area (Å²) in [6, 6.07) is 8.73. The number of hydrogen-bond donors (Lipinski definition) is 1. The van der Waals surface area contributed by atoms with E-state index in [1.165, 1.54) is 29.5 Å². The Labute approximate surface area is 93.2 Å². The van der Waals surface area contributed by atoms with Gasteiger partial charge in [-0.15, -0.1) is 0 Å². The molecule has 76 valence electrons. The molecule has 0 bridgehead atoms. The van der Waals surface area contributed by atoms with E-state index in [1.807, 2.05) is 6.07 Å². The Bertz CT molecular complexity index is 310. The lowest BCUT2D eigenvalue weighted by atomic mass is 10.0. The van der Waals surface area contributed by atoms with Crippen molar-refractivity contribution in [1.29, 1.82) is 0 Å². The Balaban J connectivity index is 2.22. The second-order valence-corrected chi connectivity index (χ2v) is 4.52. The number of rotatable bonds is 3. The Morgan fingerprint density at radius 2 is 2.07 bits per heavy atom. The monoisotopic (exact) mass is 254 g/mol. The number of halogens is 1. The average molecular weight is 255 g/mol. The van der Waals surface area contributed by atoms with Gasteiger partial charge in [0.15, 0.2) is 0 Å². The summed E-state index contributed by atoms with van der Waals surface area (Å²) in [6.07, 6.45) is 1.31. The normalized spacial score (nSPS) is 19.0. The molecule has 1 unspecified atom stereocenters. The molecule has 0 spiro atoms. The Morgan fingerprint density at radius 1 is 1.36 bits per heavy atom. The zero-order chi connectivity index (χ0) is 9.97. The molecule has 1 aliphatic rings. The molecule has 2 N–H and O–H groups in total. The van der Waals surface area contributed by atoms with Crippen LogP contribution < -0.4 is 5.73 Å². The predicted molar refractivity (Wildman–Crippen MR) is 62.1 cm³/mol. The van der Waals surface area contributed by atoms with Crippen molar-refractivity contribution in [3.8, 4) is 0 Å². The highest BCUT2D eigenvalue weighted by Crippen LogP contribution is 2.29. The number of benzene rings is 1. The molecule has 0 aromatic heterocycles. The second kappa shape index (κ2) is 4.43. The van der Waals surface area contributed by atoms with Gasteiger partial charge in [-0.05, 0) is 18.1 Å². The first-order valence-corrected chi connectivity index (χ1v) is 5.81. The minimum atomic E-state index is 0.388. The minimum Gasteiger partial charge on any atom is -0.329 e. The second-order valence-electron chi connectivity index (χ2n) is 3.66. The summed E-state index contributed by atoms with van der Waals surface area (Å²) in [5, 5.41) is 0.